The highest BCUT2D eigenvalue weighted by atomic mass is 35.5. The Hall–Kier alpha value is -2.11. The molecule has 0 heterocycles. The lowest BCUT2D eigenvalue weighted by atomic mass is 10.1. The number of benzene rings is 2. The molecule has 2 aromatic carbocycles. The summed E-state index contributed by atoms with van der Waals surface area (Å²) in [6.45, 7) is 0. The molecule has 3 heteroatoms. The number of phenols is 1. The molecule has 0 radical (unpaired) electrons. The Kier molecular flexibility index (Phi) is 3.22. The Bertz CT molecular complexity index is 594. The third-order valence-electron chi connectivity index (χ3n) is 2.21. The number of halogens is 1. The van der Waals surface area contributed by atoms with E-state index < -0.39 is 0 Å². The van der Waals surface area contributed by atoms with E-state index in [2.05, 4.69) is 11.8 Å². The highest BCUT2D eigenvalue weighted by molar-refractivity contribution is 6.32. The lowest BCUT2D eigenvalue weighted by molar-refractivity contribution is 0.475. The van der Waals surface area contributed by atoms with Crippen LogP contribution in [0.25, 0.3) is 0 Å². The predicted octanol–water partition coefficient (Wildman–Crippen LogP) is 3.03. The first kappa shape index (κ1) is 11.4. The van der Waals surface area contributed by atoms with Crippen molar-refractivity contribution in [2.75, 3.05) is 5.73 Å². The Morgan fingerprint density at radius 2 is 1.53 bits per heavy atom. The van der Waals surface area contributed by atoms with E-state index in [-0.39, 0.29) is 5.75 Å². The predicted molar refractivity (Wildman–Crippen MR) is 70.0 cm³/mol. The summed E-state index contributed by atoms with van der Waals surface area (Å²) in [4.78, 5) is 0. The molecule has 0 spiro atoms. The van der Waals surface area contributed by atoms with E-state index in [0.717, 1.165) is 5.56 Å². The van der Waals surface area contributed by atoms with Crippen molar-refractivity contribution < 1.29 is 5.11 Å². The molecule has 0 atom stereocenters. The summed E-state index contributed by atoms with van der Waals surface area (Å²) in [7, 11) is 0. The normalized spacial score (nSPS) is 9.47. The average Bonchev–Trinajstić information content (AvgIpc) is 2.33. The Labute approximate surface area is 105 Å². The minimum atomic E-state index is 0.0378. The minimum absolute atomic E-state index is 0.0378. The zero-order valence-electron chi connectivity index (χ0n) is 8.94. The van der Waals surface area contributed by atoms with Gasteiger partial charge in [-0.3, -0.25) is 0 Å². The van der Waals surface area contributed by atoms with Gasteiger partial charge in [-0.25, -0.2) is 0 Å². The van der Waals surface area contributed by atoms with Gasteiger partial charge < -0.3 is 10.8 Å². The van der Waals surface area contributed by atoms with Gasteiger partial charge in [-0.2, -0.15) is 0 Å². The third-order valence-corrected chi connectivity index (χ3v) is 2.53. The fraction of sp³-hybridized carbons (Fsp3) is 0. The van der Waals surface area contributed by atoms with Crippen molar-refractivity contribution in [2.24, 2.45) is 0 Å². The number of nitrogen functional groups attached to an aromatic ring is 1. The number of hydrogen-bond acceptors (Lipinski definition) is 2. The Morgan fingerprint density at radius 1 is 0.941 bits per heavy atom. The maximum Gasteiger partial charge on any atom is 0.135 e. The van der Waals surface area contributed by atoms with E-state index in [1.54, 1.807) is 24.3 Å². The van der Waals surface area contributed by atoms with E-state index in [4.69, 9.17) is 17.3 Å². The number of aromatic hydroxyl groups is 1. The minimum Gasteiger partial charge on any atom is -0.506 e. The van der Waals surface area contributed by atoms with Crippen LogP contribution in [0.15, 0.2) is 42.5 Å². The van der Waals surface area contributed by atoms with Crippen LogP contribution in [0, 0.1) is 11.8 Å². The standard InChI is InChI=1S/C14H10ClNO/c15-13-8-5-11(9-14(13)17)2-1-10-3-6-12(16)7-4-10/h3-9,17H,16H2. The maximum atomic E-state index is 9.42. The maximum absolute atomic E-state index is 9.42. The molecule has 0 aliphatic rings. The van der Waals surface area contributed by atoms with Crippen LogP contribution in [-0.2, 0) is 0 Å². The van der Waals surface area contributed by atoms with Gasteiger partial charge in [-0.05, 0) is 42.5 Å². The van der Waals surface area contributed by atoms with Gasteiger partial charge >= 0.3 is 0 Å². The highest BCUT2D eigenvalue weighted by Crippen LogP contribution is 2.23. The molecule has 0 aliphatic heterocycles. The monoisotopic (exact) mass is 243 g/mol. The summed E-state index contributed by atoms with van der Waals surface area (Å²) in [6.07, 6.45) is 0. The van der Waals surface area contributed by atoms with Gasteiger partial charge in [-0.15, -0.1) is 0 Å². The van der Waals surface area contributed by atoms with Crippen molar-refractivity contribution >= 4 is 17.3 Å². The Balaban J connectivity index is 2.26. The average molecular weight is 244 g/mol. The van der Waals surface area contributed by atoms with Gasteiger partial charge in [0.25, 0.3) is 0 Å². The lowest BCUT2D eigenvalue weighted by Crippen LogP contribution is -1.83. The summed E-state index contributed by atoms with van der Waals surface area (Å²) in [5.41, 5.74) is 7.86. The molecule has 0 amide bonds. The molecule has 0 saturated heterocycles. The van der Waals surface area contributed by atoms with Crippen molar-refractivity contribution in [1.82, 2.24) is 0 Å². The fourth-order valence-corrected chi connectivity index (χ4v) is 1.42. The summed E-state index contributed by atoms with van der Waals surface area (Å²) in [6, 6.07) is 12.2. The SMILES string of the molecule is Nc1ccc(C#Cc2ccc(Cl)c(O)c2)cc1. The topological polar surface area (TPSA) is 46.2 Å². The number of nitrogens with two attached hydrogens (primary N) is 1. The van der Waals surface area contributed by atoms with Crippen LogP contribution in [-0.4, -0.2) is 5.11 Å². The highest BCUT2D eigenvalue weighted by Gasteiger charge is 1.97. The van der Waals surface area contributed by atoms with Crippen LogP contribution >= 0.6 is 11.6 Å². The molecule has 0 saturated carbocycles. The first-order chi connectivity index (χ1) is 8.15. The second kappa shape index (κ2) is 4.82. The number of anilines is 1. The van der Waals surface area contributed by atoms with Crippen LogP contribution in [0.2, 0.25) is 5.02 Å². The summed E-state index contributed by atoms with van der Waals surface area (Å²) in [5, 5.41) is 9.74. The third kappa shape index (κ3) is 2.93. The molecule has 17 heavy (non-hydrogen) atoms. The van der Waals surface area contributed by atoms with Gasteiger partial charge in [0.1, 0.15) is 5.75 Å². The molecule has 2 rings (SSSR count). The lowest BCUT2D eigenvalue weighted by Gasteiger charge is -1.96. The molecule has 2 nitrogen and oxygen atoms in total. The molecule has 0 fully saturated rings. The largest absolute Gasteiger partial charge is 0.506 e. The first-order valence-corrected chi connectivity index (χ1v) is 5.39. The zero-order valence-corrected chi connectivity index (χ0v) is 9.70. The molecule has 84 valence electrons. The first-order valence-electron chi connectivity index (χ1n) is 5.01. The van der Waals surface area contributed by atoms with E-state index in [1.807, 2.05) is 12.1 Å². The molecule has 2 aromatic rings. The van der Waals surface area contributed by atoms with Gasteiger partial charge in [0.05, 0.1) is 5.02 Å². The van der Waals surface area contributed by atoms with Gasteiger partial charge in [0, 0.05) is 16.8 Å². The molecule has 0 unspecified atom stereocenters. The van der Waals surface area contributed by atoms with Crippen LogP contribution in [0.1, 0.15) is 11.1 Å². The summed E-state index contributed by atoms with van der Waals surface area (Å²) in [5.74, 6) is 5.95. The summed E-state index contributed by atoms with van der Waals surface area (Å²) >= 11 is 5.70. The molecule has 0 aromatic heterocycles. The summed E-state index contributed by atoms with van der Waals surface area (Å²) < 4.78 is 0. The van der Waals surface area contributed by atoms with Gasteiger partial charge in [-0.1, -0.05) is 23.4 Å². The van der Waals surface area contributed by atoms with E-state index in [0.29, 0.717) is 16.3 Å². The van der Waals surface area contributed by atoms with Crippen molar-refractivity contribution in [2.45, 2.75) is 0 Å². The Morgan fingerprint density at radius 3 is 2.18 bits per heavy atom. The van der Waals surface area contributed by atoms with E-state index in [1.165, 1.54) is 6.07 Å². The second-order valence-corrected chi connectivity index (χ2v) is 3.95. The van der Waals surface area contributed by atoms with Crippen molar-refractivity contribution in [1.29, 1.82) is 0 Å². The van der Waals surface area contributed by atoms with E-state index >= 15 is 0 Å². The van der Waals surface area contributed by atoms with E-state index in [9.17, 15) is 5.11 Å². The van der Waals surface area contributed by atoms with Gasteiger partial charge in [0.15, 0.2) is 0 Å². The quantitative estimate of drug-likeness (QED) is 0.552. The molecule has 0 bridgehead atoms. The molecular weight excluding hydrogens is 234 g/mol. The van der Waals surface area contributed by atoms with Crippen LogP contribution in [0.5, 0.6) is 5.75 Å². The smallest absolute Gasteiger partial charge is 0.135 e. The van der Waals surface area contributed by atoms with Crippen molar-refractivity contribution in [3.63, 3.8) is 0 Å². The molecule has 3 N–H and O–H groups in total. The van der Waals surface area contributed by atoms with Gasteiger partial charge in [0.2, 0.25) is 0 Å². The van der Waals surface area contributed by atoms with Crippen molar-refractivity contribution in [3.05, 3.63) is 58.6 Å². The van der Waals surface area contributed by atoms with Crippen molar-refractivity contribution in [3.8, 4) is 17.6 Å². The molecule has 0 aliphatic carbocycles. The van der Waals surface area contributed by atoms with Crippen LogP contribution < -0.4 is 5.73 Å². The fourth-order valence-electron chi connectivity index (χ4n) is 1.30. The van der Waals surface area contributed by atoms with Crippen LogP contribution in [0.4, 0.5) is 5.69 Å². The second-order valence-electron chi connectivity index (χ2n) is 3.54. The molecular formula is C14H10ClNO. The van der Waals surface area contributed by atoms with Crippen LogP contribution in [0.3, 0.4) is 0 Å². The zero-order chi connectivity index (χ0) is 12.3. The number of rotatable bonds is 0. The number of phenolic OH excluding ortho intramolecular Hbond substituents is 1. The number of hydrogen-bond donors (Lipinski definition) is 2.